The number of aromatic amines is 1. The third-order valence-electron chi connectivity index (χ3n) is 6.23. The van der Waals surface area contributed by atoms with E-state index in [1.54, 1.807) is 6.20 Å². The van der Waals surface area contributed by atoms with Crippen LogP contribution in [-0.4, -0.2) is 69.6 Å². The van der Waals surface area contributed by atoms with Crippen LogP contribution < -0.4 is 0 Å². The first-order chi connectivity index (χ1) is 12.3. The molecule has 3 aliphatic rings. The Labute approximate surface area is 154 Å². The highest BCUT2D eigenvalue weighted by Gasteiger charge is 2.31. The monoisotopic (exact) mass is 362 g/mol. The van der Waals surface area contributed by atoms with E-state index in [0.717, 1.165) is 37.2 Å². The number of aromatic nitrogens is 2. The fourth-order valence-corrected chi connectivity index (χ4v) is 5.65. The topological polar surface area (TPSA) is 52.2 Å². The molecule has 1 saturated carbocycles. The van der Waals surface area contributed by atoms with E-state index in [2.05, 4.69) is 31.8 Å². The summed E-state index contributed by atoms with van der Waals surface area (Å²) in [7, 11) is 0. The Balaban J connectivity index is 1.37. The minimum atomic E-state index is 0.196. The number of hydrogen-bond acceptors (Lipinski definition) is 4. The van der Waals surface area contributed by atoms with E-state index in [1.807, 2.05) is 0 Å². The highest BCUT2D eigenvalue weighted by Crippen LogP contribution is 2.33. The second kappa shape index (κ2) is 8.12. The van der Waals surface area contributed by atoms with Gasteiger partial charge in [0.2, 0.25) is 0 Å². The van der Waals surface area contributed by atoms with Crippen LogP contribution in [0.4, 0.5) is 0 Å². The third-order valence-corrected chi connectivity index (χ3v) is 7.17. The van der Waals surface area contributed by atoms with Gasteiger partial charge in [0.1, 0.15) is 0 Å². The highest BCUT2D eigenvalue weighted by atomic mass is 32.2. The maximum atomic E-state index is 13.1. The van der Waals surface area contributed by atoms with Crippen molar-refractivity contribution in [1.29, 1.82) is 0 Å². The summed E-state index contributed by atoms with van der Waals surface area (Å²) >= 11 is 2.06. The van der Waals surface area contributed by atoms with Crippen LogP contribution in [-0.2, 0) is 0 Å². The maximum Gasteiger partial charge on any atom is 0.257 e. The van der Waals surface area contributed by atoms with Gasteiger partial charge in [-0.15, -0.1) is 0 Å². The molecule has 0 spiro atoms. The molecule has 3 heterocycles. The molecule has 5 nitrogen and oxygen atoms in total. The number of likely N-dealkylation sites (tertiary alicyclic amines) is 1. The molecular weight excluding hydrogens is 332 g/mol. The van der Waals surface area contributed by atoms with Crippen LogP contribution in [0.25, 0.3) is 0 Å². The summed E-state index contributed by atoms with van der Waals surface area (Å²) in [5.74, 6) is 3.22. The minimum absolute atomic E-state index is 0.196. The first-order valence-electron chi connectivity index (χ1n) is 9.97. The summed E-state index contributed by atoms with van der Waals surface area (Å²) < 4.78 is 0. The lowest BCUT2D eigenvalue weighted by Gasteiger charge is -2.40. The second-order valence-corrected chi connectivity index (χ2v) is 8.93. The molecule has 0 atom stereocenters. The van der Waals surface area contributed by atoms with Gasteiger partial charge in [0.15, 0.2) is 0 Å². The van der Waals surface area contributed by atoms with E-state index in [9.17, 15) is 4.79 Å². The van der Waals surface area contributed by atoms with E-state index in [4.69, 9.17) is 0 Å². The van der Waals surface area contributed by atoms with E-state index in [0.29, 0.717) is 12.0 Å². The van der Waals surface area contributed by atoms with E-state index in [1.165, 1.54) is 56.7 Å². The molecule has 1 aliphatic carbocycles. The molecule has 1 N–H and O–H groups in total. The Bertz CT molecular complexity index is 570. The molecular formula is C19H30N4OS. The number of rotatable bonds is 3. The average molecular weight is 363 g/mol. The first-order valence-corrected chi connectivity index (χ1v) is 11.1. The maximum absolute atomic E-state index is 13.1. The zero-order valence-corrected chi connectivity index (χ0v) is 15.9. The number of amides is 1. The summed E-state index contributed by atoms with van der Waals surface area (Å²) in [6.07, 6.45) is 10.3. The molecule has 6 heteroatoms. The van der Waals surface area contributed by atoms with Gasteiger partial charge in [-0.2, -0.15) is 16.9 Å². The number of hydrogen-bond donors (Lipinski definition) is 1. The van der Waals surface area contributed by atoms with Crippen molar-refractivity contribution in [2.45, 2.75) is 56.9 Å². The third kappa shape index (κ3) is 3.90. The average Bonchev–Trinajstić information content (AvgIpc) is 3.19. The van der Waals surface area contributed by atoms with Crippen LogP contribution in [0.5, 0.6) is 0 Å². The molecule has 1 aromatic heterocycles. The molecule has 0 aromatic carbocycles. The normalized spacial score (nSPS) is 24.6. The SMILES string of the molecule is O=C(c1cn[nH]c1C1CCCCC1)N1CCC(N2CCSCC2)CC1. The van der Waals surface area contributed by atoms with Gasteiger partial charge in [-0.1, -0.05) is 19.3 Å². The molecule has 25 heavy (non-hydrogen) atoms. The summed E-state index contributed by atoms with van der Waals surface area (Å²) in [5, 5.41) is 7.37. The molecule has 0 bridgehead atoms. The van der Waals surface area contributed by atoms with Crippen LogP contribution in [0.3, 0.4) is 0 Å². The lowest BCUT2D eigenvalue weighted by molar-refractivity contribution is 0.0629. The zero-order valence-electron chi connectivity index (χ0n) is 15.1. The predicted octanol–water partition coefficient (Wildman–Crippen LogP) is 3.11. The molecule has 1 aromatic rings. The standard InChI is InChI=1S/C19H30N4OS/c24-19(17-14-20-21-18(17)15-4-2-1-3-5-15)23-8-6-16(7-9-23)22-10-12-25-13-11-22/h14-16H,1-13H2,(H,20,21). The Morgan fingerprint density at radius 2 is 1.76 bits per heavy atom. The number of H-pyrrole nitrogens is 1. The Hall–Kier alpha value is -1.01. The van der Waals surface area contributed by atoms with Crippen LogP contribution >= 0.6 is 11.8 Å². The number of nitrogens with zero attached hydrogens (tertiary/aromatic N) is 3. The van der Waals surface area contributed by atoms with Crippen molar-refractivity contribution in [3.05, 3.63) is 17.5 Å². The van der Waals surface area contributed by atoms with E-state index >= 15 is 0 Å². The number of nitrogens with one attached hydrogen (secondary N) is 1. The fourth-order valence-electron chi connectivity index (χ4n) is 4.72. The van der Waals surface area contributed by atoms with Crippen LogP contribution in [0.2, 0.25) is 0 Å². The molecule has 138 valence electrons. The summed E-state index contributed by atoms with van der Waals surface area (Å²) in [6, 6.07) is 0.673. The second-order valence-electron chi connectivity index (χ2n) is 7.70. The van der Waals surface area contributed by atoms with Gasteiger partial charge in [0, 0.05) is 49.6 Å². The fraction of sp³-hybridized carbons (Fsp3) is 0.789. The highest BCUT2D eigenvalue weighted by molar-refractivity contribution is 7.99. The van der Waals surface area contributed by atoms with Crippen molar-refractivity contribution in [1.82, 2.24) is 20.0 Å². The minimum Gasteiger partial charge on any atom is -0.338 e. The quantitative estimate of drug-likeness (QED) is 0.898. The largest absolute Gasteiger partial charge is 0.338 e. The Morgan fingerprint density at radius 1 is 1.04 bits per heavy atom. The van der Waals surface area contributed by atoms with Crippen molar-refractivity contribution in [3.63, 3.8) is 0 Å². The van der Waals surface area contributed by atoms with Gasteiger partial charge in [0.25, 0.3) is 5.91 Å². The zero-order chi connectivity index (χ0) is 17.1. The van der Waals surface area contributed by atoms with Gasteiger partial charge in [-0.25, -0.2) is 0 Å². The van der Waals surface area contributed by atoms with E-state index in [-0.39, 0.29) is 5.91 Å². The smallest absolute Gasteiger partial charge is 0.257 e. The van der Waals surface area contributed by atoms with Gasteiger partial charge in [-0.3, -0.25) is 14.8 Å². The van der Waals surface area contributed by atoms with Crippen LogP contribution in [0, 0.1) is 0 Å². The molecule has 2 aliphatic heterocycles. The van der Waals surface area contributed by atoms with Gasteiger partial charge in [0.05, 0.1) is 17.5 Å². The van der Waals surface area contributed by atoms with Crippen LogP contribution in [0.1, 0.15) is 66.9 Å². The lowest BCUT2D eigenvalue weighted by Crippen LogP contribution is -2.49. The number of piperidine rings is 1. The van der Waals surface area contributed by atoms with Gasteiger partial charge < -0.3 is 4.90 Å². The van der Waals surface area contributed by atoms with Crippen molar-refractivity contribution in [3.8, 4) is 0 Å². The van der Waals surface area contributed by atoms with E-state index < -0.39 is 0 Å². The summed E-state index contributed by atoms with van der Waals surface area (Å²) in [5.41, 5.74) is 1.93. The predicted molar refractivity (Wildman–Crippen MR) is 102 cm³/mol. The molecule has 3 fully saturated rings. The molecule has 0 unspecified atom stereocenters. The molecule has 4 rings (SSSR count). The van der Waals surface area contributed by atoms with Crippen molar-refractivity contribution >= 4 is 17.7 Å². The van der Waals surface area contributed by atoms with Crippen molar-refractivity contribution in [2.24, 2.45) is 0 Å². The summed E-state index contributed by atoms with van der Waals surface area (Å²) in [6.45, 7) is 4.22. The van der Waals surface area contributed by atoms with Gasteiger partial charge >= 0.3 is 0 Å². The first kappa shape index (κ1) is 17.4. The van der Waals surface area contributed by atoms with Crippen molar-refractivity contribution < 1.29 is 4.79 Å². The Morgan fingerprint density at radius 3 is 2.48 bits per heavy atom. The number of thioether (sulfide) groups is 1. The lowest BCUT2D eigenvalue weighted by atomic mass is 9.85. The molecule has 1 amide bonds. The molecule has 0 radical (unpaired) electrons. The summed E-state index contributed by atoms with van der Waals surface area (Å²) in [4.78, 5) is 17.8. The molecule has 2 saturated heterocycles. The number of carbonyl (C=O) groups excluding carboxylic acids is 1. The van der Waals surface area contributed by atoms with Gasteiger partial charge in [-0.05, 0) is 25.7 Å². The Kier molecular flexibility index (Phi) is 5.66. The number of carbonyl (C=O) groups is 1. The van der Waals surface area contributed by atoms with Crippen molar-refractivity contribution in [2.75, 3.05) is 37.7 Å². The van der Waals surface area contributed by atoms with Crippen LogP contribution in [0.15, 0.2) is 6.20 Å².